The molecule has 0 fully saturated rings. The predicted molar refractivity (Wildman–Crippen MR) is 68.8 cm³/mol. The van der Waals surface area contributed by atoms with Crippen molar-refractivity contribution in [3.05, 3.63) is 78.9 Å². The zero-order chi connectivity index (χ0) is 17.3. The van der Waals surface area contributed by atoms with E-state index in [0.717, 1.165) is 24.3 Å². The van der Waals surface area contributed by atoms with E-state index in [0.29, 0.717) is 0 Å². The van der Waals surface area contributed by atoms with E-state index in [9.17, 15) is 37.8 Å². The Hall–Kier alpha value is -3.04. The molecule has 0 atom stereocenters. The molecule has 0 unspecified atom stereocenters. The van der Waals surface area contributed by atoms with Crippen molar-refractivity contribution in [2.24, 2.45) is 0 Å². The van der Waals surface area contributed by atoms with Crippen LogP contribution < -0.4 is 0 Å². The van der Waals surface area contributed by atoms with Gasteiger partial charge in [-0.05, 0) is 5.56 Å². The molecule has 120 valence electrons. The van der Waals surface area contributed by atoms with Crippen molar-refractivity contribution in [3.8, 4) is 0 Å². The molecule has 0 spiro atoms. The first kappa shape index (κ1) is 16.3. The number of hydrogen-bond donors (Lipinski definition) is 0. The molecule has 2 aromatic carbocycles. The van der Waals surface area contributed by atoms with Crippen molar-refractivity contribution >= 4 is 11.4 Å². The largest absolute Gasteiger partial charge is 0.346 e. The van der Waals surface area contributed by atoms with Gasteiger partial charge in [0, 0.05) is 24.1 Å². The Morgan fingerprint density at radius 2 is 1.26 bits per heavy atom. The van der Waals surface area contributed by atoms with Gasteiger partial charge in [0.15, 0.2) is 11.6 Å². The molecule has 0 bridgehead atoms. The second-order valence-electron chi connectivity index (χ2n) is 4.44. The molecule has 2 aromatic rings. The van der Waals surface area contributed by atoms with Crippen LogP contribution in [0.4, 0.5) is 28.9 Å². The third-order valence-corrected chi connectivity index (χ3v) is 3.04. The van der Waals surface area contributed by atoms with Crippen molar-refractivity contribution in [1.29, 1.82) is 0 Å². The van der Waals surface area contributed by atoms with E-state index in [1.54, 1.807) is 0 Å². The summed E-state index contributed by atoms with van der Waals surface area (Å²) in [6.45, 7) is 0. The molecule has 0 aliphatic heterocycles. The van der Waals surface area contributed by atoms with Gasteiger partial charge < -0.3 is 0 Å². The summed E-state index contributed by atoms with van der Waals surface area (Å²) in [7, 11) is 0. The molecule has 0 saturated carbocycles. The van der Waals surface area contributed by atoms with Crippen molar-refractivity contribution in [2.75, 3.05) is 0 Å². The Balaban J connectivity index is 2.48. The first-order valence-electron chi connectivity index (χ1n) is 5.96. The van der Waals surface area contributed by atoms with Gasteiger partial charge in [-0.25, -0.2) is 8.78 Å². The van der Waals surface area contributed by atoms with Crippen LogP contribution in [-0.4, -0.2) is 9.85 Å². The summed E-state index contributed by atoms with van der Waals surface area (Å²) in [5.74, 6) is -7.97. The molecular formula is C13H6F4N2O4. The number of halogens is 4. The summed E-state index contributed by atoms with van der Waals surface area (Å²) in [4.78, 5) is 18.7. The molecule has 0 radical (unpaired) electrons. The second kappa shape index (κ2) is 5.99. The van der Waals surface area contributed by atoms with Crippen LogP contribution in [0, 0.1) is 43.5 Å². The predicted octanol–water partition coefficient (Wildman–Crippen LogP) is 3.65. The maximum absolute atomic E-state index is 13.8. The lowest BCUT2D eigenvalue weighted by molar-refractivity contribution is -0.390. The normalized spacial score (nSPS) is 10.6. The molecule has 6 nitrogen and oxygen atoms in total. The van der Waals surface area contributed by atoms with Crippen molar-refractivity contribution in [2.45, 2.75) is 6.42 Å². The van der Waals surface area contributed by atoms with Gasteiger partial charge in [0.1, 0.15) is 0 Å². The molecule has 0 N–H and O–H groups in total. The lowest BCUT2D eigenvalue weighted by Crippen LogP contribution is -2.08. The Morgan fingerprint density at radius 1 is 0.783 bits per heavy atom. The average molecular weight is 330 g/mol. The molecule has 23 heavy (non-hydrogen) atoms. The fourth-order valence-corrected chi connectivity index (χ4v) is 1.92. The van der Waals surface area contributed by atoms with Crippen molar-refractivity contribution in [1.82, 2.24) is 0 Å². The third-order valence-electron chi connectivity index (χ3n) is 3.04. The highest BCUT2D eigenvalue weighted by molar-refractivity contribution is 5.42. The highest BCUT2D eigenvalue weighted by Gasteiger charge is 2.32. The number of nitrogens with zero attached hydrogens (tertiary/aromatic N) is 2. The molecule has 2 rings (SSSR count). The summed E-state index contributed by atoms with van der Waals surface area (Å²) in [6.07, 6.45) is -0.637. The summed E-state index contributed by atoms with van der Waals surface area (Å²) in [6, 6.07) is 4.38. The molecule has 0 aromatic heterocycles. The van der Waals surface area contributed by atoms with Crippen LogP contribution in [0.3, 0.4) is 0 Å². The fraction of sp³-hybridized carbons (Fsp3) is 0.0769. The third kappa shape index (κ3) is 2.96. The van der Waals surface area contributed by atoms with Crippen LogP contribution in [0.1, 0.15) is 11.1 Å². The first-order valence-corrected chi connectivity index (χ1v) is 5.96. The highest BCUT2D eigenvalue weighted by atomic mass is 19.2. The van der Waals surface area contributed by atoms with Crippen LogP contribution in [0.15, 0.2) is 24.3 Å². The van der Waals surface area contributed by atoms with Gasteiger partial charge >= 0.3 is 5.69 Å². The smallest absolute Gasteiger partial charge is 0.258 e. The van der Waals surface area contributed by atoms with Gasteiger partial charge in [-0.15, -0.1) is 0 Å². The average Bonchev–Trinajstić information content (AvgIpc) is 2.50. The van der Waals surface area contributed by atoms with E-state index in [-0.39, 0.29) is 11.3 Å². The van der Waals surface area contributed by atoms with Gasteiger partial charge in [-0.3, -0.25) is 20.2 Å². The molecule has 0 saturated heterocycles. The summed E-state index contributed by atoms with van der Waals surface area (Å²) in [5, 5.41) is 20.9. The van der Waals surface area contributed by atoms with Crippen molar-refractivity contribution < 1.29 is 27.4 Å². The minimum Gasteiger partial charge on any atom is -0.258 e. The van der Waals surface area contributed by atoms with Crippen molar-refractivity contribution in [3.63, 3.8) is 0 Å². The number of non-ortho nitro benzene ring substituents is 1. The lowest BCUT2D eigenvalue weighted by atomic mass is 10.0. The quantitative estimate of drug-likeness (QED) is 0.370. The lowest BCUT2D eigenvalue weighted by Gasteiger charge is -2.08. The molecule has 0 amide bonds. The van der Waals surface area contributed by atoms with Crippen LogP contribution in [-0.2, 0) is 6.42 Å². The van der Waals surface area contributed by atoms with Gasteiger partial charge in [-0.1, -0.05) is 12.1 Å². The Labute approximate surface area is 125 Å². The number of hydrogen-bond acceptors (Lipinski definition) is 4. The Kier molecular flexibility index (Phi) is 4.25. The minimum atomic E-state index is -2.11. The Morgan fingerprint density at radius 3 is 1.65 bits per heavy atom. The van der Waals surface area contributed by atoms with Gasteiger partial charge in [0.2, 0.25) is 11.6 Å². The van der Waals surface area contributed by atoms with Crippen LogP contribution in [0.25, 0.3) is 0 Å². The fourth-order valence-electron chi connectivity index (χ4n) is 1.92. The summed E-state index contributed by atoms with van der Waals surface area (Å²) >= 11 is 0. The number of benzene rings is 2. The highest BCUT2D eigenvalue weighted by Crippen LogP contribution is 2.31. The number of rotatable bonds is 4. The molecule has 0 aliphatic rings. The molecule has 10 heteroatoms. The summed E-state index contributed by atoms with van der Waals surface area (Å²) in [5.41, 5.74) is -3.11. The van der Waals surface area contributed by atoms with E-state index >= 15 is 0 Å². The zero-order valence-electron chi connectivity index (χ0n) is 11.1. The molecular weight excluding hydrogens is 324 g/mol. The standard InChI is InChI=1S/C13H6F4N2O4/c14-9-8(5-6-1-3-7(4-2-6)18(20)21)10(15)12(17)13(11(9)16)19(22)23/h1-4H,5H2. The van der Waals surface area contributed by atoms with Crippen LogP contribution in [0.5, 0.6) is 0 Å². The number of nitro groups is 2. The van der Waals surface area contributed by atoms with Gasteiger partial charge in [0.05, 0.1) is 9.85 Å². The summed E-state index contributed by atoms with van der Waals surface area (Å²) < 4.78 is 54.6. The van der Waals surface area contributed by atoms with E-state index < -0.39 is 50.8 Å². The first-order chi connectivity index (χ1) is 10.7. The van der Waals surface area contributed by atoms with Gasteiger partial charge in [0.25, 0.3) is 5.69 Å². The maximum Gasteiger partial charge on any atom is 0.346 e. The minimum absolute atomic E-state index is 0.126. The van der Waals surface area contributed by atoms with E-state index in [1.807, 2.05) is 0 Å². The van der Waals surface area contributed by atoms with Crippen LogP contribution in [0.2, 0.25) is 0 Å². The topological polar surface area (TPSA) is 86.3 Å². The molecule has 0 aliphatic carbocycles. The second-order valence-corrected chi connectivity index (χ2v) is 4.44. The SMILES string of the molecule is O=[N+]([O-])c1ccc(Cc2c(F)c(F)c([N+](=O)[O-])c(F)c2F)cc1. The van der Waals surface area contributed by atoms with Crippen LogP contribution >= 0.6 is 0 Å². The van der Waals surface area contributed by atoms with E-state index in [4.69, 9.17) is 0 Å². The van der Waals surface area contributed by atoms with E-state index in [2.05, 4.69) is 0 Å². The van der Waals surface area contributed by atoms with E-state index in [1.165, 1.54) is 0 Å². The monoisotopic (exact) mass is 330 g/mol. The maximum atomic E-state index is 13.8. The molecule has 0 heterocycles. The Bertz CT molecular complexity index is 780. The zero-order valence-corrected chi connectivity index (χ0v) is 11.1. The van der Waals surface area contributed by atoms with Gasteiger partial charge in [-0.2, -0.15) is 8.78 Å². The number of nitro benzene ring substituents is 2.